The number of carbonyl (C=O) groups excluding carboxylic acids is 1. The van der Waals surface area contributed by atoms with E-state index in [1.54, 1.807) is 10.9 Å². The molecule has 0 N–H and O–H groups in total. The van der Waals surface area contributed by atoms with Crippen molar-refractivity contribution in [1.29, 1.82) is 0 Å². The van der Waals surface area contributed by atoms with Crippen molar-refractivity contribution in [3.8, 4) is 0 Å². The predicted octanol–water partition coefficient (Wildman–Crippen LogP) is 4.19. The van der Waals surface area contributed by atoms with Crippen molar-refractivity contribution in [1.82, 2.24) is 9.55 Å². The lowest BCUT2D eigenvalue weighted by Crippen LogP contribution is -2.11. The van der Waals surface area contributed by atoms with Crippen molar-refractivity contribution in [2.24, 2.45) is 0 Å². The van der Waals surface area contributed by atoms with Gasteiger partial charge < -0.3 is 0 Å². The van der Waals surface area contributed by atoms with E-state index in [9.17, 15) is 4.79 Å². The van der Waals surface area contributed by atoms with Crippen LogP contribution in [0.2, 0.25) is 0 Å². The Labute approximate surface area is 127 Å². The standard InChI is InChI=1S/C19H14N2O/c1-13-9-10-17-18(11-13)21(12-20-17)19(22)16-8-4-6-14-5-2-3-7-15(14)16/h2-12H,1H3. The Kier molecular flexibility index (Phi) is 2.79. The lowest BCUT2D eigenvalue weighted by Gasteiger charge is -2.07. The summed E-state index contributed by atoms with van der Waals surface area (Å²) in [6.07, 6.45) is 1.61. The average Bonchev–Trinajstić information content (AvgIpc) is 2.96. The van der Waals surface area contributed by atoms with Crippen LogP contribution >= 0.6 is 0 Å². The highest BCUT2D eigenvalue weighted by Gasteiger charge is 2.14. The number of rotatable bonds is 1. The van der Waals surface area contributed by atoms with Crippen molar-refractivity contribution in [3.05, 3.63) is 78.1 Å². The molecule has 1 aromatic heterocycles. The quantitative estimate of drug-likeness (QED) is 0.526. The zero-order valence-electron chi connectivity index (χ0n) is 12.2. The third kappa shape index (κ3) is 1.91. The molecule has 0 unspecified atom stereocenters. The van der Waals surface area contributed by atoms with Gasteiger partial charge in [-0.25, -0.2) is 4.98 Å². The predicted molar refractivity (Wildman–Crippen MR) is 88.1 cm³/mol. The highest BCUT2D eigenvalue weighted by molar-refractivity contribution is 6.10. The monoisotopic (exact) mass is 286 g/mol. The van der Waals surface area contributed by atoms with E-state index in [0.717, 1.165) is 27.4 Å². The van der Waals surface area contributed by atoms with Gasteiger partial charge in [0.1, 0.15) is 6.33 Å². The Bertz CT molecular complexity index is 1010. The van der Waals surface area contributed by atoms with E-state index in [1.807, 2.05) is 67.6 Å². The van der Waals surface area contributed by atoms with Crippen molar-refractivity contribution in [2.75, 3.05) is 0 Å². The normalized spacial score (nSPS) is 11.1. The summed E-state index contributed by atoms with van der Waals surface area (Å²) in [5, 5.41) is 2.03. The van der Waals surface area contributed by atoms with Crippen LogP contribution in [0.4, 0.5) is 0 Å². The Hall–Kier alpha value is -2.94. The van der Waals surface area contributed by atoms with E-state index in [0.29, 0.717) is 5.56 Å². The lowest BCUT2D eigenvalue weighted by molar-refractivity contribution is 0.0966. The Morgan fingerprint density at radius 3 is 2.73 bits per heavy atom. The number of nitrogens with zero attached hydrogens (tertiary/aromatic N) is 2. The van der Waals surface area contributed by atoms with Gasteiger partial charge in [-0.2, -0.15) is 0 Å². The van der Waals surface area contributed by atoms with Gasteiger partial charge in [-0.3, -0.25) is 9.36 Å². The molecule has 4 rings (SSSR count). The molecule has 0 saturated heterocycles. The van der Waals surface area contributed by atoms with Crippen molar-refractivity contribution >= 4 is 27.7 Å². The summed E-state index contributed by atoms with van der Waals surface area (Å²) in [5.74, 6) is -0.0510. The molecule has 0 aliphatic rings. The van der Waals surface area contributed by atoms with Crippen LogP contribution in [0, 0.1) is 6.92 Å². The second kappa shape index (κ2) is 4.81. The van der Waals surface area contributed by atoms with E-state index >= 15 is 0 Å². The molecule has 1 heterocycles. The lowest BCUT2D eigenvalue weighted by atomic mass is 10.0. The Morgan fingerprint density at radius 1 is 1.00 bits per heavy atom. The molecule has 4 aromatic rings. The van der Waals surface area contributed by atoms with Gasteiger partial charge in [-0.1, -0.05) is 42.5 Å². The van der Waals surface area contributed by atoms with Crippen LogP contribution in [-0.4, -0.2) is 15.5 Å². The van der Waals surface area contributed by atoms with Crippen molar-refractivity contribution < 1.29 is 4.79 Å². The first-order valence-corrected chi connectivity index (χ1v) is 7.20. The summed E-state index contributed by atoms with van der Waals surface area (Å²) in [6.45, 7) is 2.01. The number of aryl methyl sites for hydroxylation is 1. The van der Waals surface area contributed by atoms with Crippen LogP contribution in [0.1, 0.15) is 15.9 Å². The molecule has 0 aliphatic carbocycles. The van der Waals surface area contributed by atoms with Crippen LogP contribution in [-0.2, 0) is 0 Å². The van der Waals surface area contributed by atoms with E-state index in [2.05, 4.69) is 4.98 Å². The van der Waals surface area contributed by atoms with E-state index in [1.165, 1.54) is 0 Å². The molecular weight excluding hydrogens is 272 g/mol. The van der Waals surface area contributed by atoms with Crippen LogP contribution in [0.5, 0.6) is 0 Å². The first-order valence-electron chi connectivity index (χ1n) is 7.20. The first kappa shape index (κ1) is 12.8. The van der Waals surface area contributed by atoms with Crippen LogP contribution in [0.15, 0.2) is 67.0 Å². The second-order valence-corrected chi connectivity index (χ2v) is 5.44. The minimum atomic E-state index is -0.0510. The molecule has 0 spiro atoms. The summed E-state index contributed by atoms with van der Waals surface area (Å²) >= 11 is 0. The molecule has 0 atom stereocenters. The number of fused-ring (bicyclic) bond motifs is 2. The highest BCUT2D eigenvalue weighted by atomic mass is 16.2. The topological polar surface area (TPSA) is 34.9 Å². The van der Waals surface area contributed by atoms with Gasteiger partial charge in [0.15, 0.2) is 0 Å². The molecule has 0 fully saturated rings. The number of carbonyl (C=O) groups is 1. The smallest absolute Gasteiger partial charge is 0.264 e. The molecule has 106 valence electrons. The summed E-state index contributed by atoms with van der Waals surface area (Å²) in [6, 6.07) is 19.7. The Balaban J connectivity index is 1.94. The number of benzene rings is 3. The summed E-state index contributed by atoms with van der Waals surface area (Å²) in [4.78, 5) is 17.3. The van der Waals surface area contributed by atoms with Crippen LogP contribution in [0.25, 0.3) is 21.8 Å². The van der Waals surface area contributed by atoms with E-state index in [4.69, 9.17) is 0 Å². The molecule has 3 heteroatoms. The maximum absolute atomic E-state index is 13.0. The Morgan fingerprint density at radius 2 is 1.82 bits per heavy atom. The molecule has 0 aliphatic heterocycles. The van der Waals surface area contributed by atoms with Gasteiger partial charge in [-0.15, -0.1) is 0 Å². The van der Waals surface area contributed by atoms with E-state index < -0.39 is 0 Å². The largest absolute Gasteiger partial charge is 0.268 e. The number of imidazole rings is 1. The summed E-state index contributed by atoms with van der Waals surface area (Å²) in [5.41, 5.74) is 3.48. The summed E-state index contributed by atoms with van der Waals surface area (Å²) < 4.78 is 1.63. The summed E-state index contributed by atoms with van der Waals surface area (Å²) in [7, 11) is 0. The SMILES string of the molecule is Cc1ccc2ncn(C(=O)c3cccc4ccccc34)c2c1. The van der Waals surface area contributed by atoms with Crippen LogP contribution < -0.4 is 0 Å². The molecule has 3 nitrogen and oxygen atoms in total. The fourth-order valence-electron chi connectivity index (χ4n) is 2.82. The van der Waals surface area contributed by atoms with E-state index in [-0.39, 0.29) is 5.91 Å². The number of hydrogen-bond acceptors (Lipinski definition) is 2. The molecule has 0 bridgehead atoms. The third-order valence-corrected chi connectivity index (χ3v) is 3.94. The fourth-order valence-corrected chi connectivity index (χ4v) is 2.82. The van der Waals surface area contributed by atoms with Gasteiger partial charge in [0.25, 0.3) is 5.91 Å². The maximum atomic E-state index is 13.0. The number of aromatic nitrogens is 2. The minimum Gasteiger partial charge on any atom is -0.268 e. The molecule has 22 heavy (non-hydrogen) atoms. The highest BCUT2D eigenvalue weighted by Crippen LogP contribution is 2.22. The van der Waals surface area contributed by atoms with Crippen LogP contribution in [0.3, 0.4) is 0 Å². The van der Waals surface area contributed by atoms with Crippen molar-refractivity contribution in [3.63, 3.8) is 0 Å². The van der Waals surface area contributed by atoms with Gasteiger partial charge in [-0.05, 0) is 41.5 Å². The first-order chi connectivity index (χ1) is 10.7. The van der Waals surface area contributed by atoms with Gasteiger partial charge in [0.05, 0.1) is 11.0 Å². The molecule has 3 aromatic carbocycles. The zero-order chi connectivity index (χ0) is 15.1. The van der Waals surface area contributed by atoms with Crippen molar-refractivity contribution in [2.45, 2.75) is 6.92 Å². The van der Waals surface area contributed by atoms with Gasteiger partial charge in [0, 0.05) is 5.56 Å². The maximum Gasteiger partial charge on any atom is 0.264 e. The number of hydrogen-bond donors (Lipinski definition) is 0. The second-order valence-electron chi connectivity index (χ2n) is 5.44. The molecular formula is C19H14N2O. The van der Waals surface area contributed by atoms with Gasteiger partial charge >= 0.3 is 0 Å². The average molecular weight is 286 g/mol. The minimum absolute atomic E-state index is 0.0510. The zero-order valence-corrected chi connectivity index (χ0v) is 12.2. The fraction of sp³-hybridized carbons (Fsp3) is 0.0526. The molecule has 0 amide bonds. The molecule has 0 radical (unpaired) electrons. The third-order valence-electron chi connectivity index (χ3n) is 3.94. The molecule has 0 saturated carbocycles. The van der Waals surface area contributed by atoms with Gasteiger partial charge in [0.2, 0.25) is 0 Å².